The standard InChI is InChI=1S/C18H12N6O/c25-17-8-15-18(22-16(10-20-15)11-3-5-19-6-4-11)24(17)13-2-1-12-9-21-23-14(12)7-13/h1-7,9-10H,8H2,(H,21,23). The second-order valence-corrected chi connectivity index (χ2v) is 5.81. The number of carbonyl (C=O) groups excluding carboxylic acids is 1. The molecule has 7 nitrogen and oxygen atoms in total. The van der Waals surface area contributed by atoms with E-state index in [2.05, 4.69) is 25.1 Å². The fourth-order valence-corrected chi connectivity index (χ4v) is 3.04. The number of hydrogen-bond donors (Lipinski definition) is 1. The van der Waals surface area contributed by atoms with Gasteiger partial charge in [0.2, 0.25) is 5.91 Å². The van der Waals surface area contributed by atoms with Gasteiger partial charge >= 0.3 is 0 Å². The first-order chi connectivity index (χ1) is 12.3. The molecule has 120 valence electrons. The third-order valence-corrected chi connectivity index (χ3v) is 4.27. The zero-order valence-electron chi connectivity index (χ0n) is 13.0. The lowest BCUT2D eigenvalue weighted by atomic mass is 10.2. The van der Waals surface area contributed by atoms with Crippen LogP contribution in [-0.4, -0.2) is 31.1 Å². The number of hydrogen-bond acceptors (Lipinski definition) is 5. The van der Waals surface area contributed by atoms with Crippen molar-refractivity contribution >= 4 is 28.3 Å². The van der Waals surface area contributed by atoms with Gasteiger partial charge in [0.15, 0.2) is 5.82 Å². The summed E-state index contributed by atoms with van der Waals surface area (Å²) in [7, 11) is 0. The van der Waals surface area contributed by atoms with Crippen molar-refractivity contribution in [2.24, 2.45) is 0 Å². The van der Waals surface area contributed by atoms with Gasteiger partial charge < -0.3 is 0 Å². The van der Waals surface area contributed by atoms with E-state index in [4.69, 9.17) is 0 Å². The van der Waals surface area contributed by atoms with Gasteiger partial charge in [-0.1, -0.05) is 0 Å². The molecule has 1 amide bonds. The summed E-state index contributed by atoms with van der Waals surface area (Å²) >= 11 is 0. The minimum atomic E-state index is -0.0410. The molecule has 0 atom stereocenters. The van der Waals surface area contributed by atoms with Crippen molar-refractivity contribution in [2.75, 3.05) is 4.90 Å². The van der Waals surface area contributed by atoms with Crippen LogP contribution in [-0.2, 0) is 11.2 Å². The Balaban J connectivity index is 1.64. The van der Waals surface area contributed by atoms with Gasteiger partial charge in [0.25, 0.3) is 0 Å². The molecule has 0 fully saturated rings. The van der Waals surface area contributed by atoms with E-state index in [0.717, 1.165) is 22.2 Å². The monoisotopic (exact) mass is 328 g/mol. The topological polar surface area (TPSA) is 87.7 Å². The van der Waals surface area contributed by atoms with Crippen LogP contribution >= 0.6 is 0 Å². The third kappa shape index (κ3) is 2.17. The highest BCUT2D eigenvalue weighted by atomic mass is 16.2. The van der Waals surface area contributed by atoms with Crippen LogP contribution in [0.4, 0.5) is 11.5 Å². The third-order valence-electron chi connectivity index (χ3n) is 4.27. The summed E-state index contributed by atoms with van der Waals surface area (Å²) in [6.45, 7) is 0. The smallest absolute Gasteiger partial charge is 0.238 e. The number of benzene rings is 1. The normalized spacial score (nSPS) is 13.4. The van der Waals surface area contributed by atoms with Crippen molar-refractivity contribution < 1.29 is 4.79 Å². The Morgan fingerprint density at radius 3 is 2.84 bits per heavy atom. The number of anilines is 2. The molecule has 1 aromatic carbocycles. The molecule has 1 N–H and O–H groups in total. The second-order valence-electron chi connectivity index (χ2n) is 5.81. The lowest BCUT2D eigenvalue weighted by Crippen LogP contribution is -2.21. The highest BCUT2D eigenvalue weighted by Crippen LogP contribution is 2.35. The number of nitrogens with zero attached hydrogens (tertiary/aromatic N) is 5. The molecule has 0 radical (unpaired) electrons. The first-order valence-corrected chi connectivity index (χ1v) is 7.82. The fourth-order valence-electron chi connectivity index (χ4n) is 3.04. The molecule has 4 heterocycles. The first-order valence-electron chi connectivity index (χ1n) is 7.82. The summed E-state index contributed by atoms with van der Waals surface area (Å²) in [6, 6.07) is 9.46. The Labute approximate surface area is 142 Å². The number of rotatable bonds is 2. The van der Waals surface area contributed by atoms with Crippen molar-refractivity contribution in [3.05, 3.63) is 60.8 Å². The number of H-pyrrole nitrogens is 1. The van der Waals surface area contributed by atoms with Crippen molar-refractivity contribution in [1.82, 2.24) is 25.1 Å². The van der Waals surface area contributed by atoms with Crippen LogP contribution in [0, 0.1) is 0 Å². The largest absolute Gasteiger partial charge is 0.278 e. The van der Waals surface area contributed by atoms with Crippen molar-refractivity contribution in [3.8, 4) is 11.3 Å². The Kier molecular flexibility index (Phi) is 2.87. The van der Waals surface area contributed by atoms with Gasteiger partial charge in [0.1, 0.15) is 0 Å². The second kappa shape index (κ2) is 5.20. The van der Waals surface area contributed by atoms with Crippen LogP contribution in [0.3, 0.4) is 0 Å². The van der Waals surface area contributed by atoms with Crippen LogP contribution in [0.1, 0.15) is 5.69 Å². The van der Waals surface area contributed by atoms with Gasteiger partial charge in [-0.15, -0.1) is 0 Å². The number of pyridine rings is 1. The van der Waals surface area contributed by atoms with Crippen LogP contribution in [0.25, 0.3) is 22.2 Å². The van der Waals surface area contributed by atoms with Crippen molar-refractivity contribution in [3.63, 3.8) is 0 Å². The Morgan fingerprint density at radius 1 is 1.08 bits per heavy atom. The lowest BCUT2D eigenvalue weighted by molar-refractivity contribution is -0.116. The zero-order chi connectivity index (χ0) is 16.8. The summed E-state index contributed by atoms with van der Waals surface area (Å²) < 4.78 is 0. The van der Waals surface area contributed by atoms with E-state index in [0.29, 0.717) is 17.2 Å². The van der Waals surface area contributed by atoms with E-state index >= 15 is 0 Å². The van der Waals surface area contributed by atoms with Crippen LogP contribution < -0.4 is 4.90 Å². The van der Waals surface area contributed by atoms with Gasteiger partial charge in [-0.2, -0.15) is 5.10 Å². The quantitative estimate of drug-likeness (QED) is 0.611. The maximum atomic E-state index is 12.6. The van der Waals surface area contributed by atoms with E-state index in [1.54, 1.807) is 29.7 Å². The van der Waals surface area contributed by atoms with E-state index in [1.807, 2.05) is 30.3 Å². The average Bonchev–Trinajstić information content (AvgIpc) is 3.24. The maximum Gasteiger partial charge on any atom is 0.238 e. The highest BCUT2D eigenvalue weighted by Gasteiger charge is 2.32. The molecule has 4 aromatic rings. The molecule has 25 heavy (non-hydrogen) atoms. The predicted molar refractivity (Wildman–Crippen MR) is 92.2 cm³/mol. The Morgan fingerprint density at radius 2 is 1.96 bits per heavy atom. The van der Waals surface area contributed by atoms with E-state index in [9.17, 15) is 4.79 Å². The summed E-state index contributed by atoms with van der Waals surface area (Å²) in [4.78, 5) is 27.3. The molecule has 0 saturated carbocycles. The lowest BCUT2D eigenvalue weighted by Gasteiger charge is -2.17. The summed E-state index contributed by atoms with van der Waals surface area (Å²) in [5.74, 6) is 0.541. The number of fused-ring (bicyclic) bond motifs is 2. The number of aromatic nitrogens is 5. The number of nitrogens with one attached hydrogen (secondary N) is 1. The Hall–Kier alpha value is -3.61. The molecule has 0 aliphatic carbocycles. The molecule has 0 unspecified atom stereocenters. The molecule has 5 rings (SSSR count). The summed E-state index contributed by atoms with van der Waals surface area (Å²) in [6.07, 6.45) is 7.11. The van der Waals surface area contributed by atoms with Gasteiger partial charge in [-0.05, 0) is 30.3 Å². The molecular formula is C18H12N6O. The Bertz CT molecular complexity index is 1100. The number of carbonyl (C=O) groups is 1. The minimum absolute atomic E-state index is 0.0410. The zero-order valence-corrected chi connectivity index (χ0v) is 13.0. The molecule has 0 spiro atoms. The first kappa shape index (κ1) is 13.8. The summed E-state index contributed by atoms with van der Waals surface area (Å²) in [5, 5.41) is 7.95. The molecular weight excluding hydrogens is 316 g/mol. The van der Waals surface area contributed by atoms with Gasteiger partial charge in [-0.25, -0.2) is 4.98 Å². The molecule has 3 aromatic heterocycles. The highest BCUT2D eigenvalue weighted by molar-refractivity contribution is 6.06. The minimum Gasteiger partial charge on any atom is -0.278 e. The van der Waals surface area contributed by atoms with E-state index in [-0.39, 0.29) is 12.3 Å². The molecule has 7 heteroatoms. The van der Waals surface area contributed by atoms with Crippen molar-refractivity contribution in [1.29, 1.82) is 0 Å². The molecule has 1 aliphatic rings. The van der Waals surface area contributed by atoms with Crippen LogP contribution in [0.2, 0.25) is 0 Å². The van der Waals surface area contributed by atoms with Gasteiger partial charge in [0, 0.05) is 23.3 Å². The van der Waals surface area contributed by atoms with Gasteiger partial charge in [0.05, 0.1) is 41.4 Å². The van der Waals surface area contributed by atoms with E-state index in [1.165, 1.54) is 0 Å². The summed E-state index contributed by atoms with van der Waals surface area (Å²) in [5.41, 5.74) is 3.93. The van der Waals surface area contributed by atoms with E-state index < -0.39 is 0 Å². The molecule has 0 saturated heterocycles. The molecule has 1 aliphatic heterocycles. The van der Waals surface area contributed by atoms with Crippen LogP contribution in [0.5, 0.6) is 0 Å². The van der Waals surface area contributed by atoms with Gasteiger partial charge in [-0.3, -0.25) is 24.8 Å². The average molecular weight is 328 g/mol. The SMILES string of the molecule is O=C1Cc2ncc(-c3ccncc3)nc2N1c1ccc2cn[nH]c2c1. The predicted octanol–water partition coefficient (Wildman–Crippen LogP) is 2.64. The fraction of sp³-hybridized carbons (Fsp3) is 0.0556. The number of amides is 1. The van der Waals surface area contributed by atoms with Crippen molar-refractivity contribution in [2.45, 2.75) is 6.42 Å². The molecule has 0 bridgehead atoms. The maximum absolute atomic E-state index is 12.6. The number of aromatic amines is 1. The van der Waals surface area contributed by atoms with Crippen LogP contribution in [0.15, 0.2) is 55.1 Å².